The molecular formula is C18H16ClN3O3. The highest BCUT2D eigenvalue weighted by Crippen LogP contribution is 2.34. The Kier molecular flexibility index (Phi) is 5.00. The predicted molar refractivity (Wildman–Crippen MR) is 93.6 cm³/mol. The monoisotopic (exact) mass is 357 g/mol. The van der Waals surface area contributed by atoms with Gasteiger partial charge in [-0.1, -0.05) is 60.1 Å². The summed E-state index contributed by atoms with van der Waals surface area (Å²) in [6, 6.07) is 16.4. The molecule has 7 heteroatoms. The van der Waals surface area contributed by atoms with Gasteiger partial charge in [-0.05, 0) is 17.2 Å². The van der Waals surface area contributed by atoms with Crippen LogP contribution in [0.4, 0.5) is 0 Å². The highest BCUT2D eigenvalue weighted by molar-refractivity contribution is 6.31. The molecule has 0 fully saturated rings. The first-order chi connectivity index (χ1) is 12.1. The first kappa shape index (κ1) is 17.0. The second-order valence-corrected chi connectivity index (χ2v) is 6.09. The van der Waals surface area contributed by atoms with E-state index in [1.54, 1.807) is 29.4 Å². The molecule has 6 nitrogen and oxygen atoms in total. The van der Waals surface area contributed by atoms with Crippen molar-refractivity contribution in [3.8, 4) is 0 Å². The van der Waals surface area contributed by atoms with E-state index < -0.39 is 10.7 Å². The lowest BCUT2D eigenvalue weighted by Crippen LogP contribution is -2.39. The van der Waals surface area contributed by atoms with E-state index in [1.807, 2.05) is 48.5 Å². The molecule has 0 aliphatic heterocycles. The van der Waals surface area contributed by atoms with E-state index in [1.165, 1.54) is 0 Å². The minimum absolute atomic E-state index is 0.225. The van der Waals surface area contributed by atoms with Crippen molar-refractivity contribution in [2.75, 3.05) is 0 Å². The van der Waals surface area contributed by atoms with E-state index in [0.717, 1.165) is 5.56 Å². The van der Waals surface area contributed by atoms with Crippen LogP contribution in [0, 0.1) is 10.1 Å². The number of rotatable bonds is 7. The number of hydrogen-bond acceptors (Lipinski definition) is 4. The topological polar surface area (TPSA) is 70.2 Å². The molecule has 0 bridgehead atoms. The molecule has 0 amide bonds. The molecule has 0 N–H and O–H groups in total. The summed E-state index contributed by atoms with van der Waals surface area (Å²) < 4.78 is 1.76. The normalized spacial score (nSPS) is 13.2. The Hall–Kier alpha value is -2.86. The molecule has 1 unspecified atom stereocenters. The van der Waals surface area contributed by atoms with Gasteiger partial charge < -0.3 is 9.40 Å². The standard InChI is InChI=1S/C18H16ClN3O3/c19-17-9-5-4-6-15(17)12-18(25-22(23)24,13-21-11-10-20-14-21)16-7-2-1-3-8-16/h1-11,14H,12-13H2. The summed E-state index contributed by atoms with van der Waals surface area (Å²) in [4.78, 5) is 20.6. The molecule has 3 rings (SSSR count). The molecule has 0 saturated carbocycles. The van der Waals surface area contributed by atoms with Crippen LogP contribution in [0.3, 0.4) is 0 Å². The van der Waals surface area contributed by atoms with Crippen molar-refractivity contribution in [1.82, 2.24) is 9.55 Å². The van der Waals surface area contributed by atoms with Crippen LogP contribution >= 0.6 is 11.6 Å². The van der Waals surface area contributed by atoms with Gasteiger partial charge in [0.05, 0.1) is 12.9 Å². The number of aromatic nitrogens is 2. The molecule has 0 saturated heterocycles. The lowest BCUT2D eigenvalue weighted by atomic mass is 9.86. The summed E-state index contributed by atoms with van der Waals surface area (Å²) in [5.74, 6) is 0. The SMILES string of the molecule is O=[N+]([O-])OC(Cc1ccccc1Cl)(Cn1ccnc1)c1ccccc1. The molecule has 1 heterocycles. The van der Waals surface area contributed by atoms with Crippen LogP contribution in [0.1, 0.15) is 11.1 Å². The van der Waals surface area contributed by atoms with Gasteiger partial charge in [0.1, 0.15) is 0 Å². The maximum Gasteiger partial charge on any atom is 0.295 e. The zero-order valence-corrected chi connectivity index (χ0v) is 14.0. The Morgan fingerprint density at radius 2 is 1.88 bits per heavy atom. The smallest absolute Gasteiger partial charge is 0.295 e. The zero-order chi connectivity index (χ0) is 17.7. The van der Waals surface area contributed by atoms with Crippen molar-refractivity contribution < 1.29 is 9.92 Å². The second-order valence-electron chi connectivity index (χ2n) is 5.68. The van der Waals surface area contributed by atoms with Crippen molar-refractivity contribution in [1.29, 1.82) is 0 Å². The van der Waals surface area contributed by atoms with Crippen LogP contribution in [0.25, 0.3) is 0 Å². The van der Waals surface area contributed by atoms with Gasteiger partial charge in [0.2, 0.25) is 0 Å². The predicted octanol–water partition coefficient (Wildman–Crippen LogP) is 3.88. The largest absolute Gasteiger partial charge is 0.335 e. The minimum atomic E-state index is -1.23. The molecule has 0 aliphatic rings. The van der Waals surface area contributed by atoms with Gasteiger partial charge in [-0.2, -0.15) is 0 Å². The lowest BCUT2D eigenvalue weighted by Gasteiger charge is -2.32. The van der Waals surface area contributed by atoms with Crippen LogP contribution in [0.5, 0.6) is 0 Å². The molecule has 1 aromatic heterocycles. The Labute approximate surface area is 149 Å². The molecule has 0 aliphatic carbocycles. The third-order valence-electron chi connectivity index (χ3n) is 3.98. The van der Waals surface area contributed by atoms with Crippen molar-refractivity contribution >= 4 is 11.6 Å². The molecule has 128 valence electrons. The summed E-state index contributed by atoms with van der Waals surface area (Å²) in [5.41, 5.74) is 0.242. The summed E-state index contributed by atoms with van der Waals surface area (Å²) in [6.07, 6.45) is 5.22. The fourth-order valence-electron chi connectivity index (χ4n) is 2.87. The fraction of sp³-hybridized carbons (Fsp3) is 0.167. The van der Waals surface area contributed by atoms with E-state index in [9.17, 15) is 10.1 Å². The fourth-order valence-corrected chi connectivity index (χ4v) is 3.07. The van der Waals surface area contributed by atoms with Crippen LogP contribution in [0.15, 0.2) is 73.3 Å². The van der Waals surface area contributed by atoms with Crippen molar-refractivity contribution in [2.24, 2.45) is 0 Å². The van der Waals surface area contributed by atoms with Gasteiger partial charge in [0.25, 0.3) is 5.09 Å². The Balaban J connectivity index is 2.09. The second kappa shape index (κ2) is 7.36. The molecule has 3 aromatic rings. The van der Waals surface area contributed by atoms with E-state index in [2.05, 4.69) is 4.98 Å². The Morgan fingerprint density at radius 3 is 2.52 bits per heavy atom. The van der Waals surface area contributed by atoms with Crippen LogP contribution in [-0.2, 0) is 23.4 Å². The number of halogens is 1. The van der Waals surface area contributed by atoms with Crippen molar-refractivity contribution in [3.63, 3.8) is 0 Å². The Morgan fingerprint density at radius 1 is 1.16 bits per heavy atom. The first-order valence-electron chi connectivity index (χ1n) is 7.67. The van der Waals surface area contributed by atoms with E-state index in [4.69, 9.17) is 16.4 Å². The maximum atomic E-state index is 11.3. The summed E-state index contributed by atoms with van der Waals surface area (Å²) >= 11 is 6.29. The number of nitrogens with zero attached hydrogens (tertiary/aromatic N) is 3. The highest BCUT2D eigenvalue weighted by atomic mass is 35.5. The van der Waals surface area contributed by atoms with Gasteiger partial charge in [-0.25, -0.2) is 4.98 Å². The van der Waals surface area contributed by atoms with Crippen molar-refractivity contribution in [3.05, 3.63) is 99.6 Å². The Bertz CT molecular complexity index is 840. The number of hydrogen-bond donors (Lipinski definition) is 0. The highest BCUT2D eigenvalue weighted by Gasteiger charge is 2.38. The van der Waals surface area contributed by atoms with E-state index in [-0.39, 0.29) is 13.0 Å². The molecule has 0 radical (unpaired) electrons. The quantitative estimate of drug-likeness (QED) is 0.475. The van der Waals surface area contributed by atoms with Gasteiger partial charge in [0, 0.05) is 23.8 Å². The zero-order valence-electron chi connectivity index (χ0n) is 13.3. The van der Waals surface area contributed by atoms with Gasteiger partial charge in [-0.15, -0.1) is 10.1 Å². The van der Waals surface area contributed by atoms with Gasteiger partial charge in [-0.3, -0.25) is 0 Å². The average Bonchev–Trinajstić information content (AvgIpc) is 3.10. The molecule has 2 aromatic carbocycles. The maximum absolute atomic E-state index is 11.3. The summed E-state index contributed by atoms with van der Waals surface area (Å²) in [7, 11) is 0. The van der Waals surface area contributed by atoms with Crippen LogP contribution < -0.4 is 0 Å². The molecule has 1 atom stereocenters. The first-order valence-corrected chi connectivity index (χ1v) is 8.05. The lowest BCUT2D eigenvalue weighted by molar-refractivity contribution is -0.785. The molecule has 0 spiro atoms. The van der Waals surface area contributed by atoms with Crippen molar-refractivity contribution in [2.45, 2.75) is 18.6 Å². The average molecular weight is 358 g/mol. The van der Waals surface area contributed by atoms with Gasteiger partial charge in [0.15, 0.2) is 5.60 Å². The van der Waals surface area contributed by atoms with Crippen LogP contribution in [0.2, 0.25) is 5.02 Å². The van der Waals surface area contributed by atoms with Gasteiger partial charge >= 0.3 is 0 Å². The number of benzene rings is 2. The summed E-state index contributed by atoms with van der Waals surface area (Å²) in [5, 5.41) is 11.1. The molecular weight excluding hydrogens is 342 g/mol. The third kappa shape index (κ3) is 3.97. The third-order valence-corrected chi connectivity index (χ3v) is 4.35. The summed E-state index contributed by atoms with van der Waals surface area (Å²) in [6.45, 7) is 0.225. The minimum Gasteiger partial charge on any atom is -0.335 e. The van der Waals surface area contributed by atoms with Crippen LogP contribution in [-0.4, -0.2) is 14.6 Å². The van der Waals surface area contributed by atoms with E-state index >= 15 is 0 Å². The number of imidazole rings is 1. The molecule has 25 heavy (non-hydrogen) atoms. The van der Waals surface area contributed by atoms with E-state index in [0.29, 0.717) is 10.6 Å².